The van der Waals surface area contributed by atoms with E-state index in [1.165, 1.54) is 17.8 Å². The predicted octanol–water partition coefficient (Wildman–Crippen LogP) is 4.00. The Bertz CT molecular complexity index is 903. The van der Waals surface area contributed by atoms with Crippen molar-refractivity contribution in [1.82, 2.24) is 15.3 Å². The highest BCUT2D eigenvalue weighted by atomic mass is 32.2. The van der Waals surface area contributed by atoms with Crippen molar-refractivity contribution in [1.29, 1.82) is 0 Å². The molecule has 1 heterocycles. The second-order valence-corrected chi connectivity index (χ2v) is 6.64. The predicted molar refractivity (Wildman–Crippen MR) is 101 cm³/mol. The number of aromatic nitrogens is 2. The van der Waals surface area contributed by atoms with Crippen molar-refractivity contribution >= 4 is 17.7 Å². The lowest BCUT2D eigenvalue weighted by molar-refractivity contribution is -0.118. The fourth-order valence-corrected chi connectivity index (χ4v) is 3.11. The van der Waals surface area contributed by atoms with Gasteiger partial charge in [0.05, 0.1) is 11.4 Å². The summed E-state index contributed by atoms with van der Waals surface area (Å²) < 4.78 is 13.6. The van der Waals surface area contributed by atoms with Crippen LogP contribution in [0.3, 0.4) is 0 Å². The summed E-state index contributed by atoms with van der Waals surface area (Å²) in [5, 5.41) is 3.26. The SMILES string of the molecule is Cc1cc(-c2ccccc2)nc(SCC(=O)NCc2ccccc2F)n1. The average Bonchev–Trinajstić information content (AvgIpc) is 2.66. The van der Waals surface area contributed by atoms with Gasteiger partial charge in [0, 0.05) is 23.4 Å². The lowest BCUT2D eigenvalue weighted by Gasteiger charge is -2.07. The van der Waals surface area contributed by atoms with E-state index in [0.717, 1.165) is 17.0 Å². The molecule has 132 valence electrons. The molecule has 0 aliphatic heterocycles. The van der Waals surface area contributed by atoms with Crippen LogP contribution in [0.2, 0.25) is 0 Å². The molecule has 3 rings (SSSR count). The molecule has 0 aliphatic carbocycles. The second-order valence-electron chi connectivity index (χ2n) is 5.70. The van der Waals surface area contributed by atoms with Gasteiger partial charge in [-0.1, -0.05) is 60.3 Å². The van der Waals surface area contributed by atoms with Crippen LogP contribution in [0.15, 0.2) is 65.8 Å². The normalized spacial score (nSPS) is 10.5. The molecule has 0 unspecified atom stereocenters. The molecule has 1 amide bonds. The summed E-state index contributed by atoms with van der Waals surface area (Å²) in [7, 11) is 0. The topological polar surface area (TPSA) is 54.9 Å². The van der Waals surface area contributed by atoms with Crippen LogP contribution < -0.4 is 5.32 Å². The smallest absolute Gasteiger partial charge is 0.230 e. The minimum atomic E-state index is -0.324. The van der Waals surface area contributed by atoms with Crippen LogP contribution in [0.1, 0.15) is 11.3 Å². The van der Waals surface area contributed by atoms with Crippen molar-refractivity contribution in [3.05, 3.63) is 77.7 Å². The third kappa shape index (κ3) is 4.89. The number of hydrogen-bond acceptors (Lipinski definition) is 4. The highest BCUT2D eigenvalue weighted by Crippen LogP contribution is 2.21. The minimum Gasteiger partial charge on any atom is -0.351 e. The largest absolute Gasteiger partial charge is 0.351 e. The Balaban J connectivity index is 1.60. The molecule has 0 spiro atoms. The summed E-state index contributed by atoms with van der Waals surface area (Å²) >= 11 is 1.26. The van der Waals surface area contributed by atoms with Crippen LogP contribution in [0.5, 0.6) is 0 Å². The zero-order valence-corrected chi connectivity index (χ0v) is 15.1. The van der Waals surface area contributed by atoms with Crippen molar-refractivity contribution in [3.8, 4) is 11.3 Å². The first kappa shape index (κ1) is 18.1. The van der Waals surface area contributed by atoms with Gasteiger partial charge < -0.3 is 5.32 Å². The number of amides is 1. The molecule has 0 bridgehead atoms. The molecular formula is C20H18FN3OS. The molecule has 3 aromatic rings. The Morgan fingerprint density at radius 2 is 1.81 bits per heavy atom. The van der Waals surface area contributed by atoms with Gasteiger partial charge in [-0.15, -0.1) is 0 Å². The van der Waals surface area contributed by atoms with E-state index in [-0.39, 0.29) is 24.0 Å². The number of nitrogens with one attached hydrogen (secondary N) is 1. The van der Waals surface area contributed by atoms with E-state index in [9.17, 15) is 9.18 Å². The number of aryl methyl sites for hydroxylation is 1. The number of benzene rings is 2. The van der Waals surface area contributed by atoms with Crippen LogP contribution in [-0.2, 0) is 11.3 Å². The van der Waals surface area contributed by atoms with Gasteiger partial charge in [-0.2, -0.15) is 0 Å². The molecule has 0 fully saturated rings. The number of halogens is 1. The molecule has 6 heteroatoms. The molecule has 0 saturated heterocycles. The van der Waals surface area contributed by atoms with Gasteiger partial charge in [0.25, 0.3) is 0 Å². The molecule has 0 aliphatic rings. The van der Waals surface area contributed by atoms with Crippen LogP contribution >= 0.6 is 11.8 Å². The lowest BCUT2D eigenvalue weighted by Crippen LogP contribution is -2.25. The minimum absolute atomic E-state index is 0.163. The van der Waals surface area contributed by atoms with Gasteiger partial charge in [0.15, 0.2) is 5.16 Å². The Morgan fingerprint density at radius 3 is 2.58 bits per heavy atom. The lowest BCUT2D eigenvalue weighted by atomic mass is 10.1. The first-order valence-electron chi connectivity index (χ1n) is 8.16. The van der Waals surface area contributed by atoms with Crippen LogP contribution in [0.25, 0.3) is 11.3 Å². The zero-order valence-electron chi connectivity index (χ0n) is 14.3. The Kier molecular flexibility index (Phi) is 5.96. The van der Waals surface area contributed by atoms with Crippen molar-refractivity contribution in [2.75, 3.05) is 5.75 Å². The van der Waals surface area contributed by atoms with Gasteiger partial charge in [0.2, 0.25) is 5.91 Å². The summed E-state index contributed by atoms with van der Waals surface area (Å²) in [6.07, 6.45) is 0. The Hall–Kier alpha value is -2.73. The molecule has 0 atom stereocenters. The highest BCUT2D eigenvalue weighted by Gasteiger charge is 2.09. The summed E-state index contributed by atoms with van der Waals surface area (Å²) in [4.78, 5) is 20.9. The first-order chi connectivity index (χ1) is 12.6. The van der Waals surface area contributed by atoms with Crippen molar-refractivity contribution in [2.24, 2.45) is 0 Å². The molecule has 0 radical (unpaired) electrons. The van der Waals surface area contributed by atoms with Crippen molar-refractivity contribution < 1.29 is 9.18 Å². The van der Waals surface area contributed by atoms with Crippen LogP contribution in [0.4, 0.5) is 4.39 Å². The van der Waals surface area contributed by atoms with E-state index in [0.29, 0.717) is 10.7 Å². The molecule has 2 aromatic carbocycles. The third-order valence-electron chi connectivity index (χ3n) is 3.67. The van der Waals surface area contributed by atoms with Crippen LogP contribution in [-0.4, -0.2) is 21.6 Å². The summed E-state index contributed by atoms with van der Waals surface area (Å²) in [6.45, 7) is 2.06. The van der Waals surface area contributed by atoms with E-state index >= 15 is 0 Å². The fraction of sp³-hybridized carbons (Fsp3) is 0.150. The van der Waals surface area contributed by atoms with Crippen molar-refractivity contribution in [2.45, 2.75) is 18.6 Å². The maximum Gasteiger partial charge on any atom is 0.230 e. The molecule has 4 nitrogen and oxygen atoms in total. The van der Waals surface area contributed by atoms with E-state index in [4.69, 9.17) is 0 Å². The summed E-state index contributed by atoms with van der Waals surface area (Å²) in [5.74, 6) is -0.342. The number of hydrogen-bond donors (Lipinski definition) is 1. The number of nitrogens with zero attached hydrogens (tertiary/aromatic N) is 2. The molecule has 0 saturated carbocycles. The third-order valence-corrected chi connectivity index (χ3v) is 4.52. The Labute approximate surface area is 155 Å². The van der Waals surface area contributed by atoms with Gasteiger partial charge in [-0.3, -0.25) is 4.79 Å². The maximum atomic E-state index is 13.6. The quantitative estimate of drug-likeness (QED) is 0.528. The summed E-state index contributed by atoms with van der Waals surface area (Å²) in [5.41, 5.74) is 3.13. The first-order valence-corrected chi connectivity index (χ1v) is 9.14. The van der Waals surface area contributed by atoms with Gasteiger partial charge in [-0.25, -0.2) is 14.4 Å². The van der Waals surface area contributed by atoms with Crippen LogP contribution in [0, 0.1) is 12.7 Å². The highest BCUT2D eigenvalue weighted by molar-refractivity contribution is 7.99. The average molecular weight is 367 g/mol. The Morgan fingerprint density at radius 1 is 1.08 bits per heavy atom. The molecule has 1 N–H and O–H groups in total. The standard InChI is InChI=1S/C20H18FN3OS/c1-14-11-18(15-7-3-2-4-8-15)24-20(23-14)26-13-19(25)22-12-16-9-5-6-10-17(16)21/h2-11H,12-13H2,1H3,(H,22,25). The molecule has 26 heavy (non-hydrogen) atoms. The number of carbonyl (C=O) groups excluding carboxylic acids is 1. The van der Waals surface area contributed by atoms with E-state index in [1.54, 1.807) is 18.2 Å². The monoisotopic (exact) mass is 367 g/mol. The van der Waals surface area contributed by atoms with Gasteiger partial charge in [-0.05, 0) is 19.1 Å². The number of rotatable bonds is 6. The van der Waals surface area contributed by atoms with Crippen molar-refractivity contribution in [3.63, 3.8) is 0 Å². The molecule has 1 aromatic heterocycles. The zero-order chi connectivity index (χ0) is 18.4. The maximum absolute atomic E-state index is 13.6. The van der Waals surface area contributed by atoms with Gasteiger partial charge >= 0.3 is 0 Å². The van der Waals surface area contributed by atoms with E-state index in [2.05, 4.69) is 15.3 Å². The van der Waals surface area contributed by atoms with E-state index < -0.39 is 0 Å². The number of thioether (sulfide) groups is 1. The molecular weight excluding hydrogens is 349 g/mol. The van der Waals surface area contributed by atoms with E-state index in [1.807, 2.05) is 43.3 Å². The number of carbonyl (C=O) groups is 1. The van der Waals surface area contributed by atoms with Gasteiger partial charge in [0.1, 0.15) is 5.82 Å². The fourth-order valence-electron chi connectivity index (χ4n) is 2.38. The second kappa shape index (κ2) is 8.58. The summed E-state index contributed by atoms with van der Waals surface area (Å²) in [6, 6.07) is 18.1.